The Bertz CT molecular complexity index is 1250. The molecule has 4 fully saturated rings. The van der Waals surface area contributed by atoms with E-state index in [4.69, 9.17) is 11.6 Å². The number of nitrogens with one attached hydrogen (secondary N) is 2. The zero-order valence-electron chi connectivity index (χ0n) is 19.8. The lowest BCUT2D eigenvalue weighted by Crippen LogP contribution is -2.60. The molecule has 0 atom stereocenters. The molecule has 0 aliphatic heterocycles. The highest BCUT2D eigenvalue weighted by Gasteiger charge is 2.51. The molecule has 0 unspecified atom stereocenters. The van der Waals surface area contributed by atoms with E-state index < -0.39 is 0 Å². The van der Waals surface area contributed by atoms with Gasteiger partial charge in [0.05, 0.1) is 17.0 Å². The third kappa shape index (κ3) is 5.06. The lowest BCUT2D eigenvalue weighted by atomic mass is 9.53. The van der Waals surface area contributed by atoms with Crippen molar-refractivity contribution < 1.29 is 9.59 Å². The number of rotatable bonds is 7. The number of nitrogens with zero attached hydrogens (tertiary/aromatic N) is 1. The van der Waals surface area contributed by atoms with Crippen LogP contribution in [0, 0.1) is 17.8 Å². The van der Waals surface area contributed by atoms with Crippen LogP contribution >= 0.6 is 34.7 Å². The lowest BCUT2D eigenvalue weighted by Gasteiger charge is -2.56. The van der Waals surface area contributed by atoms with Gasteiger partial charge in [-0.25, -0.2) is 4.98 Å². The highest BCUT2D eigenvalue weighted by Crippen LogP contribution is 2.55. The Kier molecular flexibility index (Phi) is 6.56. The van der Waals surface area contributed by atoms with Gasteiger partial charge >= 0.3 is 0 Å². The van der Waals surface area contributed by atoms with Gasteiger partial charge in [-0.05, 0) is 80.5 Å². The zero-order chi connectivity index (χ0) is 24.7. The van der Waals surface area contributed by atoms with Crippen molar-refractivity contribution in [1.82, 2.24) is 10.3 Å². The van der Waals surface area contributed by atoms with Crippen LogP contribution in [0.25, 0.3) is 11.3 Å². The van der Waals surface area contributed by atoms with Gasteiger partial charge < -0.3 is 5.32 Å². The Morgan fingerprint density at radius 3 is 2.36 bits per heavy atom. The van der Waals surface area contributed by atoms with Gasteiger partial charge in [0.25, 0.3) is 5.91 Å². The van der Waals surface area contributed by atoms with Crippen LogP contribution in [-0.2, 0) is 4.79 Å². The fourth-order valence-electron chi connectivity index (χ4n) is 6.77. The van der Waals surface area contributed by atoms with Crippen molar-refractivity contribution in [3.05, 3.63) is 64.5 Å². The average Bonchev–Trinajstić information content (AvgIpc) is 3.30. The van der Waals surface area contributed by atoms with Gasteiger partial charge in [-0.3, -0.25) is 14.9 Å². The Morgan fingerprint density at radius 2 is 1.67 bits per heavy atom. The molecule has 186 valence electrons. The van der Waals surface area contributed by atoms with Crippen molar-refractivity contribution in [2.24, 2.45) is 17.8 Å². The number of hydrogen-bond donors (Lipinski definition) is 2. The van der Waals surface area contributed by atoms with E-state index in [1.165, 1.54) is 42.4 Å². The number of halogens is 1. The van der Waals surface area contributed by atoms with Crippen LogP contribution in [0.3, 0.4) is 0 Å². The summed E-state index contributed by atoms with van der Waals surface area (Å²) in [6.07, 6.45) is 7.48. The Balaban J connectivity index is 1.08. The molecule has 36 heavy (non-hydrogen) atoms. The average molecular weight is 538 g/mol. The first kappa shape index (κ1) is 24.0. The number of hydrogen-bond acceptors (Lipinski definition) is 5. The first-order valence-corrected chi connectivity index (χ1v) is 14.7. The van der Waals surface area contributed by atoms with E-state index in [1.54, 1.807) is 6.07 Å². The van der Waals surface area contributed by atoms with Crippen LogP contribution in [0.5, 0.6) is 0 Å². The van der Waals surface area contributed by atoms with Crippen LogP contribution in [0.15, 0.2) is 58.8 Å². The number of amides is 2. The Hall–Kier alpha value is -2.35. The summed E-state index contributed by atoms with van der Waals surface area (Å²) in [6.45, 7) is 0. The maximum atomic E-state index is 13.1. The zero-order valence-corrected chi connectivity index (χ0v) is 22.2. The minimum atomic E-state index is -0.225. The normalized spacial score (nSPS) is 26.1. The smallest absolute Gasteiger partial charge is 0.258 e. The number of thioether (sulfide) groups is 1. The van der Waals surface area contributed by atoms with E-state index in [9.17, 15) is 9.59 Å². The van der Waals surface area contributed by atoms with E-state index in [-0.39, 0.29) is 17.4 Å². The van der Waals surface area contributed by atoms with Gasteiger partial charge in [0.1, 0.15) is 0 Å². The molecule has 4 bridgehead atoms. The summed E-state index contributed by atoms with van der Waals surface area (Å²) in [5.41, 5.74) is 2.29. The quantitative estimate of drug-likeness (QED) is 0.322. The van der Waals surface area contributed by atoms with Crippen LogP contribution in [0.2, 0.25) is 5.02 Å². The number of thiazole rings is 1. The molecule has 8 heteroatoms. The van der Waals surface area contributed by atoms with Gasteiger partial charge in [-0.2, -0.15) is 0 Å². The molecule has 0 spiro atoms. The first-order chi connectivity index (χ1) is 17.4. The largest absolute Gasteiger partial charge is 0.350 e. The second-order valence-corrected chi connectivity index (χ2v) is 12.8. The fourth-order valence-corrected chi connectivity index (χ4v) is 8.46. The SMILES string of the molecule is O=C(CSc1ccccc1C(=O)Nc1nc(-c2ccc(Cl)cc2)cs1)NC12CC3CC(CC(C3)C1)C2. The summed E-state index contributed by atoms with van der Waals surface area (Å²) in [5, 5.41) is 9.46. The molecule has 0 saturated heterocycles. The summed E-state index contributed by atoms with van der Waals surface area (Å²) >= 11 is 8.78. The third-order valence-electron chi connectivity index (χ3n) is 7.80. The minimum absolute atomic E-state index is 0.00984. The molecule has 0 radical (unpaired) electrons. The van der Waals surface area contributed by atoms with Crippen molar-refractivity contribution in [1.29, 1.82) is 0 Å². The predicted molar refractivity (Wildman–Crippen MR) is 147 cm³/mol. The summed E-state index contributed by atoms with van der Waals surface area (Å²) in [4.78, 5) is 31.4. The number of aromatic nitrogens is 1. The van der Waals surface area contributed by atoms with Crippen LogP contribution in [-0.4, -0.2) is 28.1 Å². The first-order valence-electron chi connectivity index (χ1n) is 12.5. The number of anilines is 1. The number of carbonyl (C=O) groups is 2. The monoisotopic (exact) mass is 537 g/mol. The second-order valence-electron chi connectivity index (χ2n) is 10.5. The van der Waals surface area contributed by atoms with Gasteiger partial charge in [0, 0.05) is 26.4 Å². The molecule has 2 N–H and O–H groups in total. The summed E-state index contributed by atoms with van der Waals surface area (Å²) < 4.78 is 0. The second kappa shape index (κ2) is 9.84. The third-order valence-corrected chi connectivity index (χ3v) is 9.88. The van der Waals surface area contributed by atoms with E-state index in [0.29, 0.717) is 21.5 Å². The molecule has 1 aromatic heterocycles. The standard InChI is InChI=1S/C28H28ClN3O2S2/c29-21-7-5-20(6-8-21)23-15-36-27(30-23)31-26(34)22-3-1-2-4-24(22)35-16-25(33)32-28-12-17-9-18(13-28)11-19(10-17)14-28/h1-8,15,17-19H,9-14,16H2,(H,32,33)(H,30,31,34). The number of benzene rings is 2. The van der Waals surface area contributed by atoms with Gasteiger partial charge in [-0.15, -0.1) is 23.1 Å². The molecule has 4 aliphatic carbocycles. The van der Waals surface area contributed by atoms with Crippen LogP contribution in [0.1, 0.15) is 48.9 Å². The van der Waals surface area contributed by atoms with Crippen LogP contribution in [0.4, 0.5) is 5.13 Å². The van der Waals surface area contributed by atoms with Crippen molar-refractivity contribution in [2.45, 2.75) is 49.0 Å². The molecular formula is C28H28ClN3O2S2. The van der Waals surface area contributed by atoms with Crippen molar-refractivity contribution in [3.8, 4) is 11.3 Å². The molecule has 1 heterocycles. The molecule has 3 aromatic rings. The van der Waals surface area contributed by atoms with E-state index in [2.05, 4.69) is 15.6 Å². The summed E-state index contributed by atoms with van der Waals surface area (Å²) in [7, 11) is 0. The van der Waals surface area contributed by atoms with E-state index in [1.807, 2.05) is 47.8 Å². The molecule has 7 rings (SSSR count). The highest BCUT2D eigenvalue weighted by molar-refractivity contribution is 8.00. The molecule has 5 nitrogen and oxygen atoms in total. The molecule has 2 aromatic carbocycles. The molecule has 4 aliphatic rings. The Labute approximate surface area is 224 Å². The topological polar surface area (TPSA) is 71.1 Å². The molecule has 4 saturated carbocycles. The van der Waals surface area contributed by atoms with Gasteiger partial charge in [0.15, 0.2) is 5.13 Å². The lowest BCUT2D eigenvalue weighted by molar-refractivity contribution is -0.124. The summed E-state index contributed by atoms with van der Waals surface area (Å²) in [6, 6.07) is 14.9. The van der Waals surface area contributed by atoms with Crippen molar-refractivity contribution in [3.63, 3.8) is 0 Å². The molecule has 2 amide bonds. The van der Waals surface area contributed by atoms with Crippen molar-refractivity contribution >= 4 is 51.6 Å². The fraction of sp³-hybridized carbons (Fsp3) is 0.393. The summed E-state index contributed by atoms with van der Waals surface area (Å²) in [5.74, 6) is 2.53. The van der Waals surface area contributed by atoms with E-state index >= 15 is 0 Å². The van der Waals surface area contributed by atoms with Crippen LogP contribution < -0.4 is 10.6 Å². The highest BCUT2D eigenvalue weighted by atomic mass is 35.5. The van der Waals surface area contributed by atoms with Gasteiger partial charge in [-0.1, -0.05) is 35.9 Å². The van der Waals surface area contributed by atoms with Crippen molar-refractivity contribution in [2.75, 3.05) is 11.1 Å². The van der Waals surface area contributed by atoms with E-state index in [0.717, 1.165) is 53.2 Å². The maximum absolute atomic E-state index is 13.1. The number of carbonyl (C=O) groups excluding carboxylic acids is 2. The minimum Gasteiger partial charge on any atom is -0.350 e. The predicted octanol–water partition coefficient (Wildman–Crippen LogP) is 6.89. The maximum Gasteiger partial charge on any atom is 0.258 e. The van der Waals surface area contributed by atoms with Gasteiger partial charge in [0.2, 0.25) is 5.91 Å². The Morgan fingerprint density at radius 1 is 1.00 bits per heavy atom. The molecular weight excluding hydrogens is 510 g/mol.